The summed E-state index contributed by atoms with van der Waals surface area (Å²) in [6.45, 7) is 6.89. The zero-order chi connectivity index (χ0) is 55.4. The summed E-state index contributed by atoms with van der Waals surface area (Å²) in [4.78, 5) is 10.3. The number of aryl methyl sites for hydroxylation is 2. The Bertz CT molecular complexity index is 1650. The quantitative estimate of drug-likeness (QED) is 0.0358. The number of rotatable bonds is 60. The van der Waals surface area contributed by atoms with Crippen molar-refractivity contribution in [2.75, 3.05) is 0 Å². The summed E-state index contributed by atoms with van der Waals surface area (Å²) in [7, 11) is 0. The molecule has 0 aliphatic carbocycles. The van der Waals surface area contributed by atoms with E-state index in [-0.39, 0.29) is 0 Å². The van der Waals surface area contributed by atoms with Crippen LogP contribution in [0.15, 0.2) is 82.8 Å². The average molecular weight is 1070 g/mol. The minimum atomic E-state index is 0.957. The molecule has 0 atom stereocenters. The number of benzene rings is 2. The molecule has 0 fully saturated rings. The highest BCUT2D eigenvalue weighted by atomic mass is 14.8. The zero-order valence-corrected chi connectivity index (χ0v) is 52.8. The van der Waals surface area contributed by atoms with Gasteiger partial charge in [-0.1, -0.05) is 370 Å². The van der Waals surface area contributed by atoms with Gasteiger partial charge in [0.15, 0.2) is 0 Å². The largest absolute Gasteiger partial charge is 0.255 e. The van der Waals surface area contributed by atoms with Crippen LogP contribution in [-0.4, -0.2) is 11.9 Å². The highest BCUT2D eigenvalue weighted by Crippen LogP contribution is 2.25. The molecule has 0 aromatic heterocycles. The smallest absolute Gasteiger partial charge is 0.0665 e. The molecule has 0 heterocycles. The Morgan fingerprint density at radius 1 is 0.282 bits per heavy atom. The Balaban J connectivity index is 1.50. The van der Waals surface area contributed by atoms with Gasteiger partial charge in [0.25, 0.3) is 0 Å². The van der Waals surface area contributed by atoms with Crippen LogP contribution in [0.1, 0.15) is 372 Å². The lowest BCUT2D eigenvalue weighted by Gasteiger charge is -2.07. The van der Waals surface area contributed by atoms with E-state index in [2.05, 4.69) is 99.8 Å². The van der Waals surface area contributed by atoms with Crippen molar-refractivity contribution in [3.8, 4) is 0 Å². The molecule has 0 bridgehead atoms. The summed E-state index contributed by atoms with van der Waals surface area (Å²) in [6, 6.07) is 17.5. The van der Waals surface area contributed by atoms with Crippen LogP contribution < -0.4 is 0 Å². The molecule has 0 N–H and O–H groups in total. The van der Waals surface area contributed by atoms with E-state index in [0.717, 1.165) is 62.0 Å². The number of hydrogen-bond donors (Lipinski definition) is 0. The molecular weight excluding hydrogens is 941 g/mol. The van der Waals surface area contributed by atoms with Crippen molar-refractivity contribution in [1.82, 2.24) is 0 Å². The average Bonchev–Trinajstić information content (AvgIpc) is 3.46. The maximum absolute atomic E-state index is 5.26. The number of allylic oxidation sites excluding steroid dienone is 4. The molecular formula is C76H132N2. The second-order valence-electron chi connectivity index (χ2n) is 24.4. The maximum atomic E-state index is 5.26. The molecule has 2 rings (SSSR count). The third-order valence-corrected chi connectivity index (χ3v) is 16.8. The van der Waals surface area contributed by atoms with Crippen LogP contribution in [-0.2, 0) is 12.8 Å². The Kier molecular flexibility index (Phi) is 53.9. The van der Waals surface area contributed by atoms with E-state index in [4.69, 9.17) is 9.98 Å². The van der Waals surface area contributed by atoms with E-state index in [1.54, 1.807) is 0 Å². The van der Waals surface area contributed by atoms with Crippen molar-refractivity contribution in [3.05, 3.63) is 84.0 Å². The van der Waals surface area contributed by atoms with Gasteiger partial charge in [-0.3, -0.25) is 9.98 Å². The molecule has 0 aliphatic heterocycles. The molecule has 0 radical (unpaired) electrons. The molecule has 2 aromatic rings. The van der Waals surface area contributed by atoms with E-state index in [9.17, 15) is 0 Å². The van der Waals surface area contributed by atoms with Gasteiger partial charge in [0.2, 0.25) is 0 Å². The van der Waals surface area contributed by atoms with Crippen molar-refractivity contribution < 1.29 is 0 Å². The summed E-state index contributed by atoms with van der Waals surface area (Å²) < 4.78 is 0. The minimum absolute atomic E-state index is 0.957. The van der Waals surface area contributed by atoms with Gasteiger partial charge in [-0.25, -0.2) is 0 Å². The van der Waals surface area contributed by atoms with Crippen molar-refractivity contribution in [1.29, 1.82) is 0 Å². The SMILES string of the molecule is CCCCCCCCCCCCCCCCCCCCCCCCCC=CCCc1ccccc1N=CC(CCCC)=Nc1ccccc1CCC=CCCCCCCCCCCCCCCCCCCCCCCCCC. The van der Waals surface area contributed by atoms with Gasteiger partial charge in [-0.15, -0.1) is 0 Å². The van der Waals surface area contributed by atoms with Crippen molar-refractivity contribution in [3.63, 3.8) is 0 Å². The summed E-state index contributed by atoms with van der Waals surface area (Å²) in [6.07, 6.45) is 88.1. The fraction of sp³-hybridized carbons (Fsp3) is 0.763. The summed E-state index contributed by atoms with van der Waals surface area (Å²) in [5.41, 5.74) is 5.95. The van der Waals surface area contributed by atoms with Crippen LogP contribution in [0.2, 0.25) is 0 Å². The van der Waals surface area contributed by atoms with Gasteiger partial charge >= 0.3 is 0 Å². The fourth-order valence-corrected chi connectivity index (χ4v) is 11.5. The van der Waals surface area contributed by atoms with Crippen LogP contribution in [0, 0.1) is 0 Å². The molecule has 0 amide bonds. The summed E-state index contributed by atoms with van der Waals surface area (Å²) in [5, 5.41) is 0. The molecule has 2 aromatic carbocycles. The molecule has 0 saturated carbocycles. The summed E-state index contributed by atoms with van der Waals surface area (Å²) >= 11 is 0. The van der Waals surface area contributed by atoms with E-state index >= 15 is 0 Å². The molecule has 446 valence electrons. The lowest BCUT2D eigenvalue weighted by atomic mass is 10.0. The van der Waals surface area contributed by atoms with Crippen LogP contribution >= 0.6 is 0 Å². The van der Waals surface area contributed by atoms with E-state index in [0.29, 0.717) is 0 Å². The molecule has 0 saturated heterocycles. The minimum Gasteiger partial charge on any atom is -0.255 e. The predicted octanol–water partition coefficient (Wildman–Crippen LogP) is 27.1. The third-order valence-electron chi connectivity index (χ3n) is 16.8. The molecule has 0 unspecified atom stereocenters. The van der Waals surface area contributed by atoms with E-state index in [1.165, 1.54) is 319 Å². The lowest BCUT2D eigenvalue weighted by Crippen LogP contribution is -2.00. The number of aliphatic imine (C=N–C) groups is 2. The second kappa shape index (κ2) is 58.9. The molecule has 0 aliphatic rings. The molecule has 78 heavy (non-hydrogen) atoms. The number of hydrogen-bond acceptors (Lipinski definition) is 2. The van der Waals surface area contributed by atoms with Gasteiger partial charge in [0.05, 0.1) is 17.1 Å². The van der Waals surface area contributed by atoms with Crippen LogP contribution in [0.25, 0.3) is 0 Å². The Hall–Kier alpha value is -2.74. The molecule has 2 nitrogen and oxygen atoms in total. The second-order valence-corrected chi connectivity index (χ2v) is 24.4. The van der Waals surface area contributed by atoms with Crippen LogP contribution in [0.5, 0.6) is 0 Å². The van der Waals surface area contributed by atoms with Crippen LogP contribution in [0.4, 0.5) is 11.4 Å². The monoisotopic (exact) mass is 1070 g/mol. The highest BCUT2D eigenvalue weighted by Gasteiger charge is 2.06. The van der Waals surface area contributed by atoms with Gasteiger partial charge in [0.1, 0.15) is 0 Å². The van der Waals surface area contributed by atoms with E-state index in [1.807, 2.05) is 0 Å². The Labute approximate surface area is 488 Å². The predicted molar refractivity (Wildman–Crippen MR) is 356 cm³/mol. The number of unbranched alkanes of at least 4 members (excludes halogenated alkanes) is 47. The fourth-order valence-electron chi connectivity index (χ4n) is 11.5. The third kappa shape index (κ3) is 47.0. The first-order chi connectivity index (χ1) is 38.8. The molecule has 2 heteroatoms. The topological polar surface area (TPSA) is 24.7 Å². The van der Waals surface area contributed by atoms with E-state index < -0.39 is 0 Å². The zero-order valence-electron chi connectivity index (χ0n) is 52.8. The van der Waals surface area contributed by atoms with Gasteiger partial charge < -0.3 is 0 Å². The molecule has 0 spiro atoms. The van der Waals surface area contributed by atoms with Crippen LogP contribution in [0.3, 0.4) is 0 Å². The van der Waals surface area contributed by atoms with Crippen molar-refractivity contribution in [2.24, 2.45) is 9.98 Å². The highest BCUT2D eigenvalue weighted by molar-refractivity contribution is 6.31. The van der Waals surface area contributed by atoms with Crippen molar-refractivity contribution in [2.45, 2.75) is 374 Å². The van der Waals surface area contributed by atoms with Gasteiger partial charge in [-0.05, 0) is 87.5 Å². The first kappa shape index (κ1) is 71.4. The summed E-state index contributed by atoms with van der Waals surface area (Å²) in [5.74, 6) is 0. The number of nitrogens with zero attached hydrogens (tertiary/aromatic N) is 2. The van der Waals surface area contributed by atoms with Gasteiger partial charge in [-0.2, -0.15) is 0 Å². The Morgan fingerprint density at radius 3 is 0.859 bits per heavy atom. The lowest BCUT2D eigenvalue weighted by molar-refractivity contribution is 0.518. The Morgan fingerprint density at radius 2 is 0.538 bits per heavy atom. The standard InChI is InChI=1S/C76H132N2/c1-4-7-10-12-14-16-18-20-22-24-26-28-30-32-34-36-38-40-42-44-46-48-50-52-54-56-58-64-72-66-60-62-69-75(72)77-71-74(68-9-6-3)78-76-70-63-61-67-73(76)65-59-57-55-53-51-49-47-45-43-41-39-37-35-33-31-29-27-25-23-21-19-17-15-13-11-8-5-2/h54-57,60-63,66-67,69-71H,4-53,58-59,64-65,68H2,1-3H3. The first-order valence-electron chi connectivity index (χ1n) is 35.4. The normalized spacial score (nSPS) is 12.2. The number of para-hydroxylation sites is 2. The first-order valence-corrected chi connectivity index (χ1v) is 35.4. The maximum Gasteiger partial charge on any atom is 0.0665 e. The van der Waals surface area contributed by atoms with Gasteiger partial charge in [0, 0.05) is 6.21 Å². The van der Waals surface area contributed by atoms with Crippen molar-refractivity contribution >= 4 is 23.3 Å².